The monoisotopic (exact) mass is 552 g/mol. The van der Waals surface area contributed by atoms with Gasteiger partial charge in [0, 0.05) is 16.8 Å². The molecule has 0 heterocycles. The average molecular weight is 553 g/mol. The normalized spacial score (nSPS) is 12.4. The largest absolute Gasteiger partial charge is 0.497 e. The predicted octanol–water partition coefficient (Wildman–Crippen LogP) is 7.74. The minimum Gasteiger partial charge on any atom is -0.497 e. The summed E-state index contributed by atoms with van der Waals surface area (Å²) in [7, 11) is 3.22. The van der Waals surface area contributed by atoms with E-state index in [-0.39, 0.29) is 0 Å². The van der Waals surface area contributed by atoms with Crippen LogP contribution in [-0.4, -0.2) is 32.6 Å². The molecule has 0 amide bonds. The van der Waals surface area contributed by atoms with Gasteiger partial charge in [-0.3, -0.25) is 0 Å². The molecular weight excluding hydrogens is 524 g/mol. The van der Waals surface area contributed by atoms with Crippen molar-refractivity contribution in [1.82, 2.24) is 0 Å². The molecule has 198 valence electrons. The van der Waals surface area contributed by atoms with Crippen molar-refractivity contribution in [3.05, 3.63) is 102 Å². The minimum atomic E-state index is -1.45. The number of methoxy groups -OCH3 is 2. The van der Waals surface area contributed by atoms with Gasteiger partial charge in [-0.2, -0.15) is 0 Å². The fraction of sp³-hybridized carbons (Fsp3) is 0.200. The highest BCUT2D eigenvalue weighted by molar-refractivity contribution is 7.98. The number of ether oxygens (including phenoxy) is 6. The first kappa shape index (κ1) is 27.4. The molecule has 0 spiro atoms. The Hall–Kier alpha value is -3.68. The minimum absolute atomic E-state index is 0.527. The first-order chi connectivity index (χ1) is 18.4. The summed E-state index contributed by atoms with van der Waals surface area (Å²) in [6, 6.07) is 29.1. The Morgan fingerprint density at radius 3 is 1.34 bits per heavy atom. The van der Waals surface area contributed by atoms with Gasteiger partial charge in [-0.25, -0.2) is 0 Å². The van der Waals surface area contributed by atoms with E-state index in [0.29, 0.717) is 39.5 Å². The van der Waals surface area contributed by atoms with Gasteiger partial charge in [-0.1, -0.05) is 11.6 Å². The van der Waals surface area contributed by atoms with E-state index in [9.17, 15) is 0 Å². The van der Waals surface area contributed by atoms with Crippen LogP contribution in [-0.2, 0) is 0 Å². The molecule has 4 aromatic rings. The second kappa shape index (κ2) is 12.7. The van der Waals surface area contributed by atoms with Crippen molar-refractivity contribution < 1.29 is 28.4 Å². The van der Waals surface area contributed by atoms with Crippen LogP contribution in [0.25, 0.3) is 0 Å². The quantitative estimate of drug-likeness (QED) is 0.132. The van der Waals surface area contributed by atoms with Gasteiger partial charge in [-0.15, -0.1) is 11.8 Å². The van der Waals surface area contributed by atoms with E-state index in [1.54, 1.807) is 106 Å². The van der Waals surface area contributed by atoms with E-state index in [0.717, 1.165) is 4.90 Å². The smallest absolute Gasteiger partial charge is 0.323 e. The van der Waals surface area contributed by atoms with Crippen molar-refractivity contribution in [2.75, 3.05) is 20.5 Å². The zero-order valence-corrected chi connectivity index (χ0v) is 23.1. The van der Waals surface area contributed by atoms with Crippen LogP contribution in [0, 0.1) is 0 Å². The molecule has 0 bridgehead atoms. The third kappa shape index (κ3) is 7.21. The Bertz CT molecular complexity index is 1230. The maximum atomic E-state index is 6.47. The predicted molar refractivity (Wildman–Crippen MR) is 150 cm³/mol. The highest BCUT2D eigenvalue weighted by Crippen LogP contribution is 2.32. The number of halogens is 1. The zero-order valence-electron chi connectivity index (χ0n) is 21.6. The number of hydrogen-bond donors (Lipinski definition) is 0. The molecule has 0 fully saturated rings. The topological polar surface area (TPSA) is 55.4 Å². The highest BCUT2D eigenvalue weighted by atomic mass is 35.5. The molecule has 4 rings (SSSR count). The molecule has 0 aliphatic carbocycles. The lowest BCUT2D eigenvalue weighted by atomic mass is 10.2. The van der Waals surface area contributed by atoms with Gasteiger partial charge in [0.25, 0.3) is 0 Å². The SMILES string of the molecule is COc1ccc(OC(Oc2ccc(OC)cc2)C(C)(Oc2ccc(Cl)cc2)Oc2ccc(SC)cc2)cc1. The van der Waals surface area contributed by atoms with Crippen LogP contribution in [0.3, 0.4) is 0 Å². The Kier molecular flexibility index (Phi) is 9.15. The third-order valence-electron chi connectivity index (χ3n) is 5.55. The molecule has 0 saturated heterocycles. The van der Waals surface area contributed by atoms with Crippen LogP contribution in [0.5, 0.6) is 34.5 Å². The summed E-state index contributed by atoms with van der Waals surface area (Å²) in [4.78, 5) is 1.11. The van der Waals surface area contributed by atoms with Crippen molar-refractivity contribution in [3.63, 3.8) is 0 Å². The Balaban J connectivity index is 1.72. The Morgan fingerprint density at radius 2 is 0.947 bits per heavy atom. The van der Waals surface area contributed by atoms with Crippen LogP contribution in [0.4, 0.5) is 0 Å². The lowest BCUT2D eigenvalue weighted by molar-refractivity contribution is -0.226. The summed E-state index contributed by atoms with van der Waals surface area (Å²) in [5, 5.41) is 0.591. The van der Waals surface area contributed by atoms with E-state index >= 15 is 0 Å². The van der Waals surface area contributed by atoms with E-state index < -0.39 is 12.1 Å². The van der Waals surface area contributed by atoms with E-state index in [4.69, 9.17) is 40.0 Å². The van der Waals surface area contributed by atoms with Crippen molar-refractivity contribution in [2.45, 2.75) is 23.9 Å². The van der Waals surface area contributed by atoms with Gasteiger partial charge in [0.1, 0.15) is 34.5 Å². The van der Waals surface area contributed by atoms with Gasteiger partial charge in [0.2, 0.25) is 0 Å². The van der Waals surface area contributed by atoms with E-state index in [1.165, 1.54) is 0 Å². The number of hydrogen-bond acceptors (Lipinski definition) is 7. The van der Waals surface area contributed by atoms with Crippen molar-refractivity contribution >= 4 is 23.4 Å². The van der Waals surface area contributed by atoms with Gasteiger partial charge >= 0.3 is 12.1 Å². The molecule has 8 heteroatoms. The van der Waals surface area contributed by atoms with Crippen molar-refractivity contribution in [1.29, 1.82) is 0 Å². The van der Waals surface area contributed by atoms with Gasteiger partial charge in [0.05, 0.1) is 14.2 Å². The van der Waals surface area contributed by atoms with Crippen LogP contribution in [0.1, 0.15) is 6.92 Å². The van der Waals surface area contributed by atoms with E-state index in [2.05, 4.69) is 0 Å². The van der Waals surface area contributed by atoms with Gasteiger partial charge in [-0.05, 0) is 103 Å². The summed E-state index contributed by atoms with van der Waals surface area (Å²) in [5.74, 6) is 2.15. The molecule has 0 aliphatic rings. The van der Waals surface area contributed by atoms with Crippen LogP contribution in [0.15, 0.2) is 102 Å². The van der Waals surface area contributed by atoms with Crippen LogP contribution >= 0.6 is 23.4 Å². The summed E-state index contributed by atoms with van der Waals surface area (Å²) in [6.45, 7) is 1.77. The van der Waals surface area contributed by atoms with E-state index in [1.807, 2.05) is 30.5 Å². The Morgan fingerprint density at radius 1 is 0.579 bits per heavy atom. The average Bonchev–Trinajstić information content (AvgIpc) is 2.95. The summed E-state index contributed by atoms with van der Waals surface area (Å²) >= 11 is 7.76. The fourth-order valence-corrected chi connectivity index (χ4v) is 4.06. The van der Waals surface area contributed by atoms with Crippen molar-refractivity contribution in [2.24, 2.45) is 0 Å². The lowest BCUT2D eigenvalue weighted by Gasteiger charge is -2.37. The maximum absolute atomic E-state index is 6.47. The zero-order chi connectivity index (χ0) is 27.0. The molecule has 0 saturated carbocycles. The molecule has 0 aliphatic heterocycles. The standard InChI is InChI=1S/C30H29ClO6S/c1-30(36-26-7-5-21(31)6-8-26,37-27-17-19-28(38-4)20-18-27)29(34-24-13-9-22(32-2)10-14-24)35-25-15-11-23(33-3)12-16-25/h5-20,29H,1-4H3. The molecule has 4 aromatic carbocycles. The third-order valence-corrected chi connectivity index (χ3v) is 6.54. The first-order valence-corrected chi connectivity index (χ1v) is 13.4. The number of benzene rings is 4. The lowest BCUT2D eigenvalue weighted by Crippen LogP contribution is -2.55. The van der Waals surface area contributed by atoms with Crippen LogP contribution < -0.4 is 28.4 Å². The molecule has 0 N–H and O–H groups in total. The molecule has 38 heavy (non-hydrogen) atoms. The van der Waals surface area contributed by atoms with Crippen molar-refractivity contribution in [3.8, 4) is 34.5 Å². The molecular formula is C30H29ClO6S. The fourth-order valence-electron chi connectivity index (χ4n) is 3.53. The molecule has 1 unspecified atom stereocenters. The number of thioether (sulfide) groups is 1. The summed E-state index contributed by atoms with van der Waals surface area (Å²) in [6.07, 6.45) is 0.964. The van der Waals surface area contributed by atoms with Crippen LogP contribution in [0.2, 0.25) is 5.02 Å². The highest BCUT2D eigenvalue weighted by Gasteiger charge is 2.44. The summed E-state index contributed by atoms with van der Waals surface area (Å²) < 4.78 is 36.2. The Labute approximate surface area is 232 Å². The van der Waals surface area contributed by atoms with Gasteiger partial charge in [0.15, 0.2) is 0 Å². The van der Waals surface area contributed by atoms with Gasteiger partial charge < -0.3 is 28.4 Å². The summed E-state index contributed by atoms with van der Waals surface area (Å²) in [5.41, 5.74) is 0. The second-order valence-corrected chi connectivity index (χ2v) is 9.58. The maximum Gasteiger partial charge on any atom is 0.323 e. The first-order valence-electron chi connectivity index (χ1n) is 11.8. The number of rotatable bonds is 12. The molecule has 0 radical (unpaired) electrons. The molecule has 1 atom stereocenters. The molecule has 6 nitrogen and oxygen atoms in total. The molecule has 0 aromatic heterocycles. The second-order valence-electron chi connectivity index (χ2n) is 8.27.